The molecule has 2 aromatic carbocycles. The van der Waals surface area contributed by atoms with Gasteiger partial charge < -0.3 is 32.7 Å². The second kappa shape index (κ2) is 16.0. The lowest BCUT2D eigenvalue weighted by Crippen LogP contribution is -2.52. The van der Waals surface area contributed by atoms with Crippen LogP contribution < -0.4 is 27.8 Å². The third kappa shape index (κ3) is 9.76. The number of aryl methyl sites for hydroxylation is 1. The first-order valence-corrected chi connectivity index (χ1v) is 14.1. The van der Waals surface area contributed by atoms with Crippen LogP contribution in [-0.4, -0.2) is 60.9 Å². The maximum Gasteiger partial charge on any atom is 0.246 e. The van der Waals surface area contributed by atoms with E-state index in [1.807, 2.05) is 42.5 Å². The van der Waals surface area contributed by atoms with Gasteiger partial charge in [0, 0.05) is 31.9 Å². The van der Waals surface area contributed by atoms with Gasteiger partial charge in [-0.3, -0.25) is 14.4 Å². The predicted octanol–water partition coefficient (Wildman–Crippen LogP) is 2.25. The number of hydrogen-bond donors (Lipinski definition) is 5. The summed E-state index contributed by atoms with van der Waals surface area (Å²) in [5, 5.41) is 5.73. The van der Waals surface area contributed by atoms with Crippen molar-refractivity contribution in [2.24, 2.45) is 17.2 Å². The molecule has 0 saturated heterocycles. The summed E-state index contributed by atoms with van der Waals surface area (Å²) in [6, 6.07) is 15.9. The van der Waals surface area contributed by atoms with Crippen molar-refractivity contribution < 1.29 is 14.4 Å². The van der Waals surface area contributed by atoms with Crippen molar-refractivity contribution in [2.45, 2.75) is 69.4 Å². The number of nitrogens with zero attached hydrogens (tertiary/aromatic N) is 1. The summed E-state index contributed by atoms with van der Waals surface area (Å²) in [5.74, 6) is -0.589. The van der Waals surface area contributed by atoms with Crippen LogP contribution in [0.15, 0.2) is 54.6 Å². The van der Waals surface area contributed by atoms with E-state index in [2.05, 4.69) is 22.8 Å². The van der Waals surface area contributed by atoms with Gasteiger partial charge >= 0.3 is 0 Å². The van der Waals surface area contributed by atoms with Gasteiger partial charge in [0.1, 0.15) is 6.04 Å². The molecular weight excluding hydrogens is 492 g/mol. The Bertz CT molecular complexity index is 1030. The number of carbonyl (C=O) groups excluding carboxylic acids is 3. The Hall–Kier alpha value is -3.27. The Morgan fingerprint density at radius 2 is 1.51 bits per heavy atom. The van der Waals surface area contributed by atoms with Crippen molar-refractivity contribution in [2.75, 3.05) is 31.5 Å². The third-order valence-corrected chi connectivity index (χ3v) is 7.33. The Morgan fingerprint density at radius 3 is 2.13 bits per heavy atom. The number of nitrogens with one attached hydrogen (secondary N) is 2. The second-order valence-corrected chi connectivity index (χ2v) is 10.3. The van der Waals surface area contributed by atoms with Gasteiger partial charge in [-0.25, -0.2) is 0 Å². The number of amides is 3. The highest BCUT2D eigenvalue weighted by Crippen LogP contribution is 2.33. The van der Waals surface area contributed by atoms with E-state index in [0.717, 1.165) is 5.56 Å². The minimum absolute atomic E-state index is 0.193. The molecule has 0 radical (unpaired) electrons. The minimum Gasteiger partial charge on any atom is -0.343 e. The molecule has 0 bridgehead atoms. The molecule has 2 atom stereocenters. The van der Waals surface area contributed by atoms with Crippen LogP contribution >= 0.6 is 0 Å². The summed E-state index contributed by atoms with van der Waals surface area (Å²) >= 11 is 0. The molecule has 39 heavy (non-hydrogen) atoms. The van der Waals surface area contributed by atoms with Crippen molar-refractivity contribution >= 4 is 23.4 Å². The molecule has 3 rings (SSSR count). The highest BCUT2D eigenvalue weighted by molar-refractivity contribution is 5.98. The Labute approximate surface area is 231 Å². The molecular formula is C30H44N6O3. The average molecular weight is 537 g/mol. The van der Waals surface area contributed by atoms with Crippen LogP contribution in [0.2, 0.25) is 0 Å². The number of anilines is 1. The van der Waals surface area contributed by atoms with Crippen LogP contribution in [0.4, 0.5) is 5.69 Å². The molecule has 212 valence electrons. The summed E-state index contributed by atoms with van der Waals surface area (Å²) in [6.45, 7) is 1.26. The molecule has 2 aromatic rings. The van der Waals surface area contributed by atoms with Gasteiger partial charge in [0.05, 0.1) is 12.5 Å². The molecule has 0 aromatic heterocycles. The van der Waals surface area contributed by atoms with Crippen molar-refractivity contribution in [3.63, 3.8) is 0 Å². The molecule has 0 heterocycles. The zero-order valence-electron chi connectivity index (χ0n) is 22.8. The van der Waals surface area contributed by atoms with Gasteiger partial charge in [0.15, 0.2) is 0 Å². The first-order valence-electron chi connectivity index (χ1n) is 14.1. The lowest BCUT2D eigenvalue weighted by molar-refractivity contribution is -0.134. The molecule has 9 nitrogen and oxygen atoms in total. The third-order valence-electron chi connectivity index (χ3n) is 7.33. The zero-order valence-corrected chi connectivity index (χ0v) is 22.8. The van der Waals surface area contributed by atoms with Gasteiger partial charge in [-0.15, -0.1) is 0 Å². The fourth-order valence-electron chi connectivity index (χ4n) is 5.09. The molecule has 0 spiro atoms. The van der Waals surface area contributed by atoms with Gasteiger partial charge in [-0.2, -0.15) is 0 Å². The molecule has 1 aliphatic rings. The predicted molar refractivity (Wildman–Crippen MR) is 155 cm³/mol. The molecule has 0 aliphatic heterocycles. The van der Waals surface area contributed by atoms with E-state index < -0.39 is 18.0 Å². The molecule has 1 fully saturated rings. The van der Waals surface area contributed by atoms with Crippen molar-refractivity contribution in [3.8, 4) is 0 Å². The van der Waals surface area contributed by atoms with E-state index in [0.29, 0.717) is 37.5 Å². The highest BCUT2D eigenvalue weighted by Gasteiger charge is 2.26. The van der Waals surface area contributed by atoms with E-state index in [1.165, 1.54) is 42.6 Å². The summed E-state index contributed by atoms with van der Waals surface area (Å²) in [5.41, 5.74) is 20.3. The lowest BCUT2D eigenvalue weighted by Gasteiger charge is -2.24. The van der Waals surface area contributed by atoms with Crippen LogP contribution in [-0.2, 0) is 20.8 Å². The van der Waals surface area contributed by atoms with E-state index in [9.17, 15) is 14.4 Å². The van der Waals surface area contributed by atoms with Gasteiger partial charge in [0.25, 0.3) is 0 Å². The molecule has 8 N–H and O–H groups in total. The number of carbonyl (C=O) groups is 3. The fraction of sp³-hybridized carbons (Fsp3) is 0.500. The summed E-state index contributed by atoms with van der Waals surface area (Å²) in [7, 11) is 0. The Morgan fingerprint density at radius 1 is 0.872 bits per heavy atom. The highest BCUT2D eigenvalue weighted by atomic mass is 16.2. The maximum absolute atomic E-state index is 13.3. The van der Waals surface area contributed by atoms with Crippen LogP contribution in [0.25, 0.3) is 0 Å². The SMILES string of the molecule is NCCN(CCN)C(=O)C[C@H](N)C(=O)N[C@@H](CCc1ccccc1)C(=O)Nc1ccc(C2CCCCC2)cc1. The number of rotatable bonds is 14. The number of benzene rings is 2. The molecule has 3 amide bonds. The largest absolute Gasteiger partial charge is 0.343 e. The second-order valence-electron chi connectivity index (χ2n) is 10.3. The maximum atomic E-state index is 13.3. The van der Waals surface area contributed by atoms with Crippen molar-refractivity contribution in [3.05, 3.63) is 65.7 Å². The zero-order chi connectivity index (χ0) is 28.0. The normalized spacial score (nSPS) is 15.3. The van der Waals surface area contributed by atoms with Crippen LogP contribution in [0.1, 0.15) is 62.0 Å². The number of hydrogen-bond acceptors (Lipinski definition) is 6. The lowest BCUT2D eigenvalue weighted by atomic mass is 9.84. The van der Waals surface area contributed by atoms with E-state index in [-0.39, 0.29) is 31.3 Å². The van der Waals surface area contributed by atoms with E-state index in [1.54, 1.807) is 0 Å². The Balaban J connectivity index is 1.64. The number of nitrogens with two attached hydrogens (primary N) is 3. The quantitative estimate of drug-likeness (QED) is 0.249. The Kier molecular flexibility index (Phi) is 12.4. The topological polar surface area (TPSA) is 157 Å². The molecule has 1 saturated carbocycles. The monoisotopic (exact) mass is 536 g/mol. The van der Waals surface area contributed by atoms with Gasteiger partial charge in [0.2, 0.25) is 17.7 Å². The fourth-order valence-corrected chi connectivity index (χ4v) is 5.09. The molecule has 1 aliphatic carbocycles. The molecule has 9 heteroatoms. The van der Waals surface area contributed by atoms with Crippen molar-refractivity contribution in [1.29, 1.82) is 0 Å². The van der Waals surface area contributed by atoms with Crippen LogP contribution in [0.5, 0.6) is 0 Å². The van der Waals surface area contributed by atoms with Crippen LogP contribution in [0.3, 0.4) is 0 Å². The van der Waals surface area contributed by atoms with Gasteiger partial charge in [-0.05, 0) is 54.9 Å². The summed E-state index contributed by atoms with van der Waals surface area (Å²) in [4.78, 5) is 40.4. The first-order chi connectivity index (χ1) is 18.9. The minimum atomic E-state index is -1.10. The standard InChI is InChI=1S/C30H44N6O3/c31-17-19-36(20-18-32)28(37)21-26(33)29(38)35-27(16-11-22-7-3-1-4-8-22)30(39)34-25-14-12-24(13-15-25)23-9-5-2-6-10-23/h1,3-4,7-8,12-15,23,26-27H,2,5-6,9-11,16-21,31-33H2,(H,34,39)(H,35,38)/t26-,27-/m0/s1. The molecule has 0 unspecified atom stereocenters. The van der Waals surface area contributed by atoms with Crippen LogP contribution in [0, 0.1) is 0 Å². The van der Waals surface area contributed by atoms with Gasteiger partial charge in [-0.1, -0.05) is 61.7 Å². The smallest absolute Gasteiger partial charge is 0.246 e. The summed E-state index contributed by atoms with van der Waals surface area (Å²) < 4.78 is 0. The average Bonchev–Trinajstić information content (AvgIpc) is 2.96. The van der Waals surface area contributed by atoms with E-state index in [4.69, 9.17) is 17.2 Å². The van der Waals surface area contributed by atoms with E-state index >= 15 is 0 Å². The summed E-state index contributed by atoms with van der Waals surface area (Å²) in [6.07, 6.45) is 7.02. The van der Waals surface area contributed by atoms with Crippen molar-refractivity contribution in [1.82, 2.24) is 10.2 Å². The first kappa shape index (κ1) is 30.3.